The Morgan fingerprint density at radius 1 is 1.13 bits per heavy atom. The van der Waals surface area contributed by atoms with Crippen LogP contribution < -0.4 is 5.32 Å². The van der Waals surface area contributed by atoms with E-state index in [9.17, 15) is 4.79 Å². The van der Waals surface area contributed by atoms with E-state index in [1.807, 2.05) is 24.3 Å². The Labute approximate surface area is 142 Å². The van der Waals surface area contributed by atoms with Gasteiger partial charge in [0.25, 0.3) is 5.91 Å². The van der Waals surface area contributed by atoms with Crippen LogP contribution in [0.2, 0.25) is 0 Å². The van der Waals surface area contributed by atoms with E-state index < -0.39 is 0 Å². The van der Waals surface area contributed by atoms with E-state index in [2.05, 4.69) is 43.4 Å². The van der Waals surface area contributed by atoms with Crippen molar-refractivity contribution in [1.29, 1.82) is 0 Å². The molecule has 1 amide bonds. The molecule has 0 aliphatic heterocycles. The zero-order chi connectivity index (χ0) is 16.2. The maximum Gasteiger partial charge on any atom is 0.252 e. The second-order valence-corrected chi connectivity index (χ2v) is 7.90. The van der Waals surface area contributed by atoms with Crippen LogP contribution in [0.25, 0.3) is 0 Å². The first-order valence-corrected chi connectivity index (χ1v) is 9.17. The molecule has 0 unspecified atom stereocenters. The molecule has 0 fully saturated rings. The van der Waals surface area contributed by atoms with E-state index in [-0.39, 0.29) is 11.9 Å². The molecule has 2 nitrogen and oxygen atoms in total. The summed E-state index contributed by atoms with van der Waals surface area (Å²) in [4.78, 5) is 13.9. The summed E-state index contributed by atoms with van der Waals surface area (Å²) in [6.07, 6.45) is 3.26. The second-order valence-electron chi connectivity index (χ2n) is 6.28. The van der Waals surface area contributed by atoms with E-state index in [0.29, 0.717) is 5.25 Å². The number of nitrogens with one attached hydrogen (secondary N) is 1. The molecule has 0 saturated carbocycles. The summed E-state index contributed by atoms with van der Waals surface area (Å²) in [6, 6.07) is 16.5. The number of thioether (sulfide) groups is 1. The van der Waals surface area contributed by atoms with Gasteiger partial charge < -0.3 is 5.32 Å². The minimum absolute atomic E-state index is 0.0375. The quantitative estimate of drug-likeness (QED) is 0.802. The normalized spacial score (nSPS) is 16.9. The van der Waals surface area contributed by atoms with Gasteiger partial charge in [0.15, 0.2) is 0 Å². The number of benzene rings is 2. The van der Waals surface area contributed by atoms with Crippen LogP contribution in [-0.2, 0) is 6.42 Å². The number of amides is 1. The van der Waals surface area contributed by atoms with E-state index in [1.165, 1.54) is 11.1 Å². The van der Waals surface area contributed by atoms with Crippen LogP contribution >= 0.6 is 11.8 Å². The molecule has 120 valence electrons. The minimum atomic E-state index is 0.0375. The molecule has 0 bridgehead atoms. The average molecular weight is 325 g/mol. The van der Waals surface area contributed by atoms with Crippen molar-refractivity contribution in [3.8, 4) is 0 Å². The van der Waals surface area contributed by atoms with Gasteiger partial charge >= 0.3 is 0 Å². The molecule has 23 heavy (non-hydrogen) atoms. The Bertz CT molecular complexity index is 696. The summed E-state index contributed by atoms with van der Waals surface area (Å²) in [6.45, 7) is 4.30. The molecule has 0 saturated heterocycles. The van der Waals surface area contributed by atoms with Gasteiger partial charge in [0.1, 0.15) is 0 Å². The molecule has 1 atom stereocenters. The number of hydrogen-bond donors (Lipinski definition) is 1. The highest BCUT2D eigenvalue weighted by Gasteiger charge is 2.22. The average Bonchev–Trinajstić information content (AvgIpc) is 2.55. The SMILES string of the molecule is CC(C)Sc1ccccc1C(=O)N[C@H]1CCCc2ccccc21. The summed E-state index contributed by atoms with van der Waals surface area (Å²) in [5, 5.41) is 3.71. The van der Waals surface area contributed by atoms with Gasteiger partial charge in [-0.1, -0.05) is 50.2 Å². The number of carbonyl (C=O) groups excluding carboxylic acids is 1. The lowest BCUT2D eigenvalue weighted by Crippen LogP contribution is -2.31. The van der Waals surface area contributed by atoms with Crippen LogP contribution in [-0.4, -0.2) is 11.2 Å². The van der Waals surface area contributed by atoms with Crippen molar-refractivity contribution in [3.05, 3.63) is 65.2 Å². The summed E-state index contributed by atoms with van der Waals surface area (Å²) >= 11 is 1.74. The van der Waals surface area contributed by atoms with Gasteiger partial charge in [0, 0.05) is 10.1 Å². The summed E-state index contributed by atoms with van der Waals surface area (Å²) in [5.74, 6) is 0.0375. The molecule has 3 heteroatoms. The Morgan fingerprint density at radius 2 is 1.87 bits per heavy atom. The van der Waals surface area contributed by atoms with Gasteiger partial charge in [-0.3, -0.25) is 4.79 Å². The summed E-state index contributed by atoms with van der Waals surface area (Å²) in [5.41, 5.74) is 3.43. The zero-order valence-electron chi connectivity index (χ0n) is 13.7. The standard InChI is InChI=1S/C20H23NOS/c1-14(2)23-19-13-6-5-11-17(19)20(22)21-18-12-7-9-15-8-3-4-10-16(15)18/h3-6,8,10-11,13-14,18H,7,9,12H2,1-2H3,(H,21,22)/t18-/m0/s1. The molecule has 3 rings (SSSR count). The maximum atomic E-state index is 12.8. The molecule has 0 spiro atoms. The van der Waals surface area contributed by atoms with Crippen LogP contribution in [0.1, 0.15) is 54.2 Å². The first-order chi connectivity index (χ1) is 11.1. The van der Waals surface area contributed by atoms with Crippen LogP contribution in [0.15, 0.2) is 53.4 Å². The second kappa shape index (κ2) is 7.22. The largest absolute Gasteiger partial charge is 0.345 e. The lowest BCUT2D eigenvalue weighted by molar-refractivity contribution is 0.0930. The van der Waals surface area contributed by atoms with Crippen molar-refractivity contribution < 1.29 is 4.79 Å². The number of rotatable bonds is 4. The van der Waals surface area contributed by atoms with Gasteiger partial charge in [0.05, 0.1) is 11.6 Å². The van der Waals surface area contributed by atoms with Crippen molar-refractivity contribution in [2.45, 2.75) is 49.3 Å². The molecule has 2 aromatic rings. The Balaban J connectivity index is 1.81. The number of hydrogen-bond acceptors (Lipinski definition) is 2. The van der Waals surface area contributed by atoms with E-state index >= 15 is 0 Å². The maximum absolute atomic E-state index is 12.8. The van der Waals surface area contributed by atoms with Crippen LogP contribution in [0.3, 0.4) is 0 Å². The molecule has 0 heterocycles. The van der Waals surface area contributed by atoms with Crippen LogP contribution in [0.4, 0.5) is 0 Å². The Hall–Kier alpha value is -1.74. The van der Waals surface area contributed by atoms with Crippen molar-refractivity contribution in [1.82, 2.24) is 5.32 Å². The monoisotopic (exact) mass is 325 g/mol. The van der Waals surface area contributed by atoms with Gasteiger partial charge in [-0.25, -0.2) is 0 Å². The zero-order valence-corrected chi connectivity index (χ0v) is 14.5. The fraction of sp³-hybridized carbons (Fsp3) is 0.350. The highest BCUT2D eigenvalue weighted by atomic mass is 32.2. The third-order valence-electron chi connectivity index (χ3n) is 4.17. The fourth-order valence-corrected chi connectivity index (χ4v) is 4.10. The first-order valence-electron chi connectivity index (χ1n) is 8.29. The number of aryl methyl sites for hydroxylation is 1. The molecular formula is C20H23NOS. The molecular weight excluding hydrogens is 302 g/mol. The predicted molar refractivity (Wildman–Crippen MR) is 97.0 cm³/mol. The Morgan fingerprint density at radius 3 is 2.70 bits per heavy atom. The van der Waals surface area contributed by atoms with Crippen molar-refractivity contribution in [2.75, 3.05) is 0 Å². The lowest BCUT2D eigenvalue weighted by atomic mass is 9.87. The predicted octanol–water partition coefficient (Wildman–Crippen LogP) is 4.99. The fourth-order valence-electron chi connectivity index (χ4n) is 3.15. The van der Waals surface area contributed by atoms with Crippen molar-refractivity contribution >= 4 is 17.7 Å². The Kier molecular flexibility index (Phi) is 5.06. The van der Waals surface area contributed by atoms with Crippen LogP contribution in [0.5, 0.6) is 0 Å². The smallest absolute Gasteiger partial charge is 0.252 e. The molecule has 0 aromatic heterocycles. The topological polar surface area (TPSA) is 29.1 Å². The van der Waals surface area contributed by atoms with Gasteiger partial charge in [-0.05, 0) is 42.5 Å². The van der Waals surface area contributed by atoms with E-state index in [4.69, 9.17) is 0 Å². The summed E-state index contributed by atoms with van der Waals surface area (Å²) in [7, 11) is 0. The van der Waals surface area contributed by atoms with Gasteiger partial charge in [0.2, 0.25) is 0 Å². The van der Waals surface area contributed by atoms with Crippen molar-refractivity contribution in [3.63, 3.8) is 0 Å². The first kappa shape index (κ1) is 16.1. The minimum Gasteiger partial charge on any atom is -0.345 e. The van der Waals surface area contributed by atoms with E-state index in [1.54, 1.807) is 11.8 Å². The third-order valence-corrected chi connectivity index (χ3v) is 5.25. The molecule has 2 aromatic carbocycles. The van der Waals surface area contributed by atoms with Crippen LogP contribution in [0, 0.1) is 0 Å². The summed E-state index contributed by atoms with van der Waals surface area (Å²) < 4.78 is 0. The third kappa shape index (κ3) is 3.78. The van der Waals surface area contributed by atoms with Gasteiger partial charge in [-0.15, -0.1) is 11.8 Å². The number of fused-ring (bicyclic) bond motifs is 1. The highest BCUT2D eigenvalue weighted by molar-refractivity contribution is 8.00. The van der Waals surface area contributed by atoms with Crippen molar-refractivity contribution in [2.24, 2.45) is 0 Å². The molecule has 0 radical (unpaired) electrons. The molecule has 1 aliphatic carbocycles. The lowest BCUT2D eigenvalue weighted by Gasteiger charge is -2.26. The molecule has 1 aliphatic rings. The van der Waals surface area contributed by atoms with Gasteiger partial charge in [-0.2, -0.15) is 0 Å². The molecule has 1 N–H and O–H groups in total. The highest BCUT2D eigenvalue weighted by Crippen LogP contribution is 2.31. The van der Waals surface area contributed by atoms with E-state index in [0.717, 1.165) is 29.7 Å². The number of carbonyl (C=O) groups is 1.